The predicted octanol–water partition coefficient (Wildman–Crippen LogP) is 4.36. The maximum Gasteiger partial charge on any atom is 0.417 e. The second-order valence-corrected chi connectivity index (χ2v) is 9.07. The van der Waals surface area contributed by atoms with Crippen molar-refractivity contribution in [2.75, 3.05) is 16.5 Å². The van der Waals surface area contributed by atoms with Crippen molar-refractivity contribution < 1.29 is 19.1 Å². The number of fused-ring (bicyclic) bond motifs is 1. The number of hydrogen-bond donors (Lipinski definition) is 2. The highest BCUT2D eigenvalue weighted by Crippen LogP contribution is 2.28. The molecule has 1 aliphatic carbocycles. The standard InChI is InChI=1S/C24H27IN6O4/c1-4-9-30(24(34)35-12-25)23(33)18-11-31-20(15(18)3)21(26-13-27-31)29-19-10-16(6-5-14(19)2)22(32)28-17-7-8-17/h5-6,10-11,13,17H,4,7-9,12H2,1-3H3,(H,28,32)(H,26,27,29). The summed E-state index contributed by atoms with van der Waals surface area (Å²) in [6, 6.07) is 5.73. The van der Waals surface area contributed by atoms with Gasteiger partial charge in [-0.1, -0.05) is 13.0 Å². The quantitative estimate of drug-likeness (QED) is 0.296. The molecular weight excluding hydrogens is 563 g/mol. The monoisotopic (exact) mass is 590 g/mol. The number of ether oxygens (including phenoxy) is 1. The third-order valence-electron chi connectivity index (χ3n) is 5.81. The number of carbonyl (C=O) groups is 3. The summed E-state index contributed by atoms with van der Waals surface area (Å²) >= 11 is 1.92. The molecule has 2 aromatic heterocycles. The largest absolute Gasteiger partial charge is 0.438 e. The van der Waals surface area contributed by atoms with E-state index in [0.29, 0.717) is 34.4 Å². The van der Waals surface area contributed by atoms with Gasteiger partial charge < -0.3 is 15.4 Å². The van der Waals surface area contributed by atoms with E-state index in [2.05, 4.69) is 20.7 Å². The maximum absolute atomic E-state index is 13.3. The molecule has 0 atom stereocenters. The van der Waals surface area contributed by atoms with Crippen LogP contribution in [-0.2, 0) is 4.74 Å². The Kier molecular flexibility index (Phi) is 7.53. The molecule has 2 N–H and O–H groups in total. The van der Waals surface area contributed by atoms with Crippen molar-refractivity contribution in [3.63, 3.8) is 0 Å². The molecule has 0 saturated heterocycles. The number of aromatic nitrogens is 3. The topological polar surface area (TPSA) is 118 Å². The fourth-order valence-electron chi connectivity index (χ4n) is 3.76. The highest BCUT2D eigenvalue weighted by Gasteiger charge is 2.28. The lowest BCUT2D eigenvalue weighted by Gasteiger charge is -2.18. The van der Waals surface area contributed by atoms with E-state index in [1.54, 1.807) is 29.8 Å². The van der Waals surface area contributed by atoms with Gasteiger partial charge in [-0.25, -0.2) is 19.2 Å². The van der Waals surface area contributed by atoms with E-state index in [-0.39, 0.29) is 23.1 Å². The Morgan fingerprint density at radius 3 is 2.71 bits per heavy atom. The van der Waals surface area contributed by atoms with Crippen LogP contribution >= 0.6 is 22.6 Å². The summed E-state index contributed by atoms with van der Waals surface area (Å²) in [6.45, 7) is 5.85. The lowest BCUT2D eigenvalue weighted by Crippen LogP contribution is -2.38. The zero-order valence-electron chi connectivity index (χ0n) is 19.8. The highest BCUT2D eigenvalue weighted by molar-refractivity contribution is 14.1. The minimum atomic E-state index is -0.678. The average Bonchev–Trinajstić information content (AvgIpc) is 3.59. The van der Waals surface area contributed by atoms with Gasteiger partial charge in [0.05, 0.1) is 5.56 Å². The van der Waals surface area contributed by atoms with E-state index in [4.69, 9.17) is 4.74 Å². The van der Waals surface area contributed by atoms with E-state index >= 15 is 0 Å². The fourth-order valence-corrected chi connectivity index (χ4v) is 4.03. The van der Waals surface area contributed by atoms with Gasteiger partial charge in [0.15, 0.2) is 5.82 Å². The van der Waals surface area contributed by atoms with Gasteiger partial charge in [-0.3, -0.25) is 9.59 Å². The highest BCUT2D eigenvalue weighted by atomic mass is 127. The number of aryl methyl sites for hydroxylation is 2. The van der Waals surface area contributed by atoms with Crippen LogP contribution in [0.2, 0.25) is 0 Å². The van der Waals surface area contributed by atoms with Crippen molar-refractivity contribution >= 4 is 57.5 Å². The fraction of sp³-hybridized carbons (Fsp3) is 0.375. The summed E-state index contributed by atoms with van der Waals surface area (Å²) in [5.41, 5.74) is 3.77. The Hall–Kier alpha value is -3.22. The molecule has 1 aromatic carbocycles. The summed E-state index contributed by atoms with van der Waals surface area (Å²) in [4.78, 5) is 43.7. The van der Waals surface area contributed by atoms with Crippen LogP contribution in [0.5, 0.6) is 0 Å². The number of carbonyl (C=O) groups excluding carboxylic acids is 3. The molecule has 1 aliphatic rings. The molecule has 0 spiro atoms. The van der Waals surface area contributed by atoms with E-state index in [1.807, 2.05) is 42.5 Å². The number of halogens is 1. The molecule has 1 saturated carbocycles. The third-order valence-corrected chi connectivity index (χ3v) is 6.12. The van der Waals surface area contributed by atoms with Crippen LogP contribution in [0.4, 0.5) is 16.3 Å². The number of anilines is 2. The number of rotatable bonds is 8. The molecule has 0 unspecified atom stereocenters. The summed E-state index contributed by atoms with van der Waals surface area (Å²) in [6.07, 6.45) is 4.93. The number of nitrogens with one attached hydrogen (secondary N) is 2. The first-order valence-corrected chi connectivity index (χ1v) is 12.9. The predicted molar refractivity (Wildman–Crippen MR) is 139 cm³/mol. The van der Waals surface area contributed by atoms with Crippen LogP contribution in [0.25, 0.3) is 5.52 Å². The molecule has 2 heterocycles. The molecular formula is C24H27IN6O4. The molecule has 35 heavy (non-hydrogen) atoms. The van der Waals surface area contributed by atoms with Crippen molar-refractivity contribution in [3.8, 4) is 0 Å². The van der Waals surface area contributed by atoms with Crippen LogP contribution in [0, 0.1) is 13.8 Å². The number of alkyl halides is 1. The molecule has 1 fully saturated rings. The zero-order chi connectivity index (χ0) is 25.1. The van der Waals surface area contributed by atoms with E-state index in [1.165, 1.54) is 6.33 Å². The minimum absolute atomic E-state index is 0.107. The molecule has 10 nitrogen and oxygen atoms in total. The first-order valence-electron chi connectivity index (χ1n) is 11.4. The van der Waals surface area contributed by atoms with Crippen LogP contribution in [0.15, 0.2) is 30.7 Å². The van der Waals surface area contributed by atoms with Gasteiger partial charge in [-0.2, -0.15) is 5.10 Å². The molecule has 3 amide bonds. The molecule has 0 radical (unpaired) electrons. The minimum Gasteiger partial charge on any atom is -0.438 e. The Balaban J connectivity index is 1.67. The Morgan fingerprint density at radius 2 is 2.03 bits per heavy atom. The zero-order valence-corrected chi connectivity index (χ0v) is 22.0. The smallest absolute Gasteiger partial charge is 0.417 e. The van der Waals surface area contributed by atoms with Gasteiger partial charge >= 0.3 is 6.09 Å². The van der Waals surface area contributed by atoms with Crippen LogP contribution in [0.3, 0.4) is 0 Å². The van der Waals surface area contributed by atoms with Gasteiger partial charge in [0, 0.05) is 30.0 Å². The summed E-state index contributed by atoms with van der Waals surface area (Å²) in [7, 11) is 0. The van der Waals surface area contributed by atoms with Gasteiger partial charge in [0.2, 0.25) is 0 Å². The maximum atomic E-state index is 13.3. The average molecular weight is 590 g/mol. The second-order valence-electron chi connectivity index (χ2n) is 8.45. The lowest BCUT2D eigenvalue weighted by molar-refractivity contribution is 0.0702. The SMILES string of the molecule is CCCN(C(=O)OCI)C(=O)c1cn2ncnc(Nc3cc(C(=O)NC4CC4)ccc3C)c2c1C. The second kappa shape index (κ2) is 10.6. The van der Waals surface area contributed by atoms with Crippen molar-refractivity contribution in [1.82, 2.24) is 24.8 Å². The first kappa shape index (κ1) is 24.9. The van der Waals surface area contributed by atoms with Gasteiger partial charge in [0.1, 0.15) is 16.5 Å². The van der Waals surface area contributed by atoms with Gasteiger partial charge in [-0.05, 0) is 79.0 Å². The number of hydrogen-bond acceptors (Lipinski definition) is 7. The van der Waals surface area contributed by atoms with Crippen molar-refractivity contribution in [3.05, 3.63) is 53.0 Å². The number of imide groups is 1. The summed E-state index contributed by atoms with van der Waals surface area (Å²) in [5, 5.41) is 10.6. The van der Waals surface area contributed by atoms with Crippen molar-refractivity contribution in [2.24, 2.45) is 0 Å². The third kappa shape index (κ3) is 5.39. The van der Waals surface area contributed by atoms with Crippen molar-refractivity contribution in [2.45, 2.75) is 46.1 Å². The Labute approximate surface area is 216 Å². The van der Waals surface area contributed by atoms with E-state index < -0.39 is 12.0 Å². The number of nitrogens with zero attached hydrogens (tertiary/aromatic N) is 4. The normalized spacial score (nSPS) is 12.9. The number of benzene rings is 1. The van der Waals surface area contributed by atoms with E-state index in [0.717, 1.165) is 29.0 Å². The molecule has 0 bridgehead atoms. The summed E-state index contributed by atoms with van der Waals surface area (Å²) < 4.78 is 6.77. The van der Waals surface area contributed by atoms with Gasteiger partial charge in [0.25, 0.3) is 11.8 Å². The molecule has 11 heteroatoms. The van der Waals surface area contributed by atoms with Gasteiger partial charge in [-0.15, -0.1) is 0 Å². The molecule has 184 valence electrons. The Morgan fingerprint density at radius 1 is 1.26 bits per heavy atom. The molecule has 4 rings (SSSR count). The van der Waals surface area contributed by atoms with Crippen molar-refractivity contribution in [1.29, 1.82) is 0 Å². The number of amides is 3. The Bertz CT molecular complexity index is 1290. The summed E-state index contributed by atoms with van der Waals surface area (Å²) in [5.74, 6) is -0.0774. The van der Waals surface area contributed by atoms with E-state index in [9.17, 15) is 14.4 Å². The van der Waals surface area contributed by atoms with Crippen LogP contribution in [0.1, 0.15) is 58.0 Å². The molecule has 0 aliphatic heterocycles. The van der Waals surface area contributed by atoms with Crippen LogP contribution < -0.4 is 10.6 Å². The van der Waals surface area contributed by atoms with Crippen LogP contribution in [-0.4, -0.2) is 54.6 Å². The molecule has 3 aromatic rings. The first-order chi connectivity index (χ1) is 16.8. The lowest BCUT2D eigenvalue weighted by atomic mass is 10.1.